The number of benzene rings is 2. The van der Waals surface area contributed by atoms with Crippen molar-refractivity contribution in [3.05, 3.63) is 135 Å². The van der Waals surface area contributed by atoms with Gasteiger partial charge in [0.05, 0.1) is 0 Å². The van der Waals surface area contributed by atoms with Crippen LogP contribution >= 0.6 is 0 Å². The molecule has 0 saturated heterocycles. The van der Waals surface area contributed by atoms with Crippen molar-refractivity contribution in [1.29, 1.82) is 0 Å². The van der Waals surface area contributed by atoms with E-state index in [4.69, 9.17) is 0 Å². The molecule has 0 saturated carbocycles. The largest absolute Gasteiger partial charge is 3.00 e. The molecule has 0 aliphatic heterocycles. The summed E-state index contributed by atoms with van der Waals surface area (Å²) in [4.78, 5) is 12.9. The zero-order valence-corrected chi connectivity index (χ0v) is 20.0. The van der Waals surface area contributed by atoms with Crippen LogP contribution in [0.5, 0.6) is 0 Å². The molecule has 0 aliphatic rings. The van der Waals surface area contributed by atoms with Gasteiger partial charge in [0.2, 0.25) is 0 Å². The van der Waals surface area contributed by atoms with Crippen molar-refractivity contribution in [2.24, 2.45) is 0 Å². The van der Waals surface area contributed by atoms with Gasteiger partial charge in [-0.15, -0.1) is 60.2 Å². The molecule has 0 fully saturated rings. The second-order valence-electron chi connectivity index (χ2n) is 6.40. The molecule has 0 spiro atoms. The summed E-state index contributed by atoms with van der Waals surface area (Å²) in [5.41, 5.74) is 5.83. The summed E-state index contributed by atoms with van der Waals surface area (Å²) in [6, 6.07) is 37.9. The van der Waals surface area contributed by atoms with E-state index in [0.29, 0.717) is 0 Å². The molecule has 0 atom stereocenters. The third-order valence-corrected chi connectivity index (χ3v) is 4.33. The quantitative estimate of drug-likeness (QED) is 0.222. The van der Waals surface area contributed by atoms with Crippen LogP contribution in [0.25, 0.3) is 33.8 Å². The van der Waals surface area contributed by atoms with E-state index in [1.54, 1.807) is 18.6 Å². The Bertz CT molecular complexity index is 1070. The number of hydrogen-bond donors (Lipinski definition) is 0. The van der Waals surface area contributed by atoms with Gasteiger partial charge in [0.15, 0.2) is 0 Å². The molecule has 0 aliphatic carbocycles. The van der Waals surface area contributed by atoms with Gasteiger partial charge in [0.1, 0.15) is 0 Å². The van der Waals surface area contributed by atoms with Crippen molar-refractivity contribution in [2.45, 2.75) is 0 Å². The van der Waals surface area contributed by atoms with Crippen molar-refractivity contribution >= 4 is 0 Å². The van der Waals surface area contributed by atoms with Gasteiger partial charge in [-0.1, -0.05) is 47.5 Å². The van der Waals surface area contributed by atoms with Gasteiger partial charge in [0.25, 0.3) is 0 Å². The Morgan fingerprint density at radius 1 is 0.469 bits per heavy atom. The molecule has 5 aromatic rings. The number of aromatic nitrogens is 3. The van der Waals surface area contributed by atoms with Gasteiger partial charge in [-0.2, -0.15) is 0 Å². The van der Waals surface area contributed by atoms with Gasteiger partial charge in [-0.3, -0.25) is 9.97 Å². The van der Waals surface area contributed by atoms with Gasteiger partial charge in [0, 0.05) is 30.0 Å². The molecule has 3 heterocycles. The molecule has 3 aromatic heterocycles. The van der Waals surface area contributed by atoms with E-state index in [1.165, 1.54) is 0 Å². The van der Waals surface area contributed by atoms with Gasteiger partial charge in [-0.05, 0) is 23.9 Å². The van der Waals surface area contributed by atoms with E-state index in [2.05, 4.69) is 27.1 Å². The van der Waals surface area contributed by atoms with E-state index >= 15 is 0 Å². The summed E-state index contributed by atoms with van der Waals surface area (Å²) in [6.07, 6.45) is 5.36. The second kappa shape index (κ2) is 13.1. The standard InChI is InChI=1S/C16H11N2.C11H8N.CH3.Ir/c1-3-10-17-15(8-1)13-6-5-7-14(12-13)16-9-2-4-11-18-16;1-2-6-10(7-3-1)11-8-4-5-9-12-11;;/h1-11H;1-6,8-9H;1H3;/q3*-1;+3. The molecule has 2 aromatic carbocycles. The zero-order chi connectivity index (χ0) is 20.4. The van der Waals surface area contributed by atoms with E-state index in [9.17, 15) is 0 Å². The first-order valence-corrected chi connectivity index (χ1v) is 9.63. The van der Waals surface area contributed by atoms with Gasteiger partial charge >= 0.3 is 20.1 Å². The number of pyridine rings is 3. The maximum atomic E-state index is 4.33. The van der Waals surface area contributed by atoms with Crippen LogP contribution < -0.4 is 0 Å². The third kappa shape index (κ3) is 6.78. The van der Waals surface area contributed by atoms with Crippen molar-refractivity contribution in [3.63, 3.8) is 0 Å². The van der Waals surface area contributed by atoms with Crippen molar-refractivity contribution < 1.29 is 20.1 Å². The van der Waals surface area contributed by atoms with Crippen LogP contribution in [0.3, 0.4) is 0 Å². The summed E-state index contributed by atoms with van der Waals surface area (Å²) in [7, 11) is 0. The normalized spacial score (nSPS) is 9.38. The van der Waals surface area contributed by atoms with Crippen LogP contribution in [-0.2, 0) is 20.1 Å². The molecule has 0 N–H and O–H groups in total. The average Bonchev–Trinajstić information content (AvgIpc) is 2.87. The predicted molar refractivity (Wildman–Crippen MR) is 127 cm³/mol. The first-order valence-electron chi connectivity index (χ1n) is 9.63. The summed E-state index contributed by atoms with van der Waals surface area (Å²) in [5.74, 6) is 0. The van der Waals surface area contributed by atoms with Gasteiger partial charge < -0.3 is 12.4 Å². The monoisotopic (exact) mass is 593 g/mol. The number of nitrogens with zero attached hydrogens (tertiary/aromatic N) is 3. The molecule has 0 radical (unpaired) electrons. The van der Waals surface area contributed by atoms with Crippen LogP contribution in [0.4, 0.5) is 0 Å². The summed E-state index contributed by atoms with van der Waals surface area (Å²) in [5, 5.41) is 0. The Kier molecular flexibility index (Phi) is 10.1. The molecule has 0 amide bonds. The fraction of sp³-hybridized carbons (Fsp3) is 0. The minimum atomic E-state index is 0. The van der Waals surface area contributed by atoms with E-state index in [-0.39, 0.29) is 27.5 Å². The Hall–Kier alpha value is -3.46. The summed E-state index contributed by atoms with van der Waals surface area (Å²) >= 11 is 0. The molecule has 0 unspecified atom stereocenters. The van der Waals surface area contributed by atoms with E-state index < -0.39 is 0 Å². The average molecular weight is 593 g/mol. The molecule has 3 nitrogen and oxygen atoms in total. The van der Waals surface area contributed by atoms with Crippen LogP contribution in [0.15, 0.2) is 116 Å². The second-order valence-corrected chi connectivity index (χ2v) is 6.40. The Morgan fingerprint density at radius 2 is 0.906 bits per heavy atom. The fourth-order valence-corrected chi connectivity index (χ4v) is 2.89. The molecule has 4 heteroatoms. The topological polar surface area (TPSA) is 38.7 Å². The predicted octanol–water partition coefficient (Wildman–Crippen LogP) is 6.61. The van der Waals surface area contributed by atoms with Gasteiger partial charge in [-0.25, -0.2) is 0 Å². The maximum Gasteiger partial charge on any atom is 3.00 e. The molecular formula is C28H22IrN3. The minimum Gasteiger partial charge on any atom is -0.358 e. The molecule has 158 valence electrons. The SMILES string of the molecule is [CH3-].[Ir+3].[c-]1c(-c2ccccn2)cccc1-c1ccccn1.[c-]1ccccc1-c1ccccn1. The summed E-state index contributed by atoms with van der Waals surface area (Å²) < 4.78 is 0. The number of hydrogen-bond acceptors (Lipinski definition) is 3. The molecule has 32 heavy (non-hydrogen) atoms. The van der Waals surface area contributed by atoms with Crippen LogP contribution in [-0.4, -0.2) is 15.0 Å². The zero-order valence-electron chi connectivity index (χ0n) is 17.6. The van der Waals surface area contributed by atoms with Crippen LogP contribution in [0.2, 0.25) is 0 Å². The minimum absolute atomic E-state index is 0. The van der Waals surface area contributed by atoms with Crippen molar-refractivity contribution in [2.75, 3.05) is 0 Å². The van der Waals surface area contributed by atoms with E-state index in [1.807, 2.05) is 97.1 Å². The maximum absolute atomic E-state index is 4.33. The Balaban J connectivity index is 0.000000229. The Labute approximate surface area is 203 Å². The van der Waals surface area contributed by atoms with Crippen LogP contribution in [0.1, 0.15) is 0 Å². The first-order chi connectivity index (χ1) is 14.9. The molecular weight excluding hydrogens is 571 g/mol. The van der Waals surface area contributed by atoms with E-state index in [0.717, 1.165) is 33.8 Å². The smallest absolute Gasteiger partial charge is 0.358 e. The molecule has 5 rings (SSSR count). The fourth-order valence-electron chi connectivity index (χ4n) is 2.89. The third-order valence-electron chi connectivity index (χ3n) is 4.33. The molecule has 0 bridgehead atoms. The first kappa shape index (κ1) is 24.8. The van der Waals surface area contributed by atoms with Crippen molar-refractivity contribution in [1.82, 2.24) is 15.0 Å². The number of rotatable bonds is 3. The van der Waals surface area contributed by atoms with Crippen molar-refractivity contribution in [3.8, 4) is 33.8 Å². The van der Waals surface area contributed by atoms with Crippen LogP contribution in [0, 0.1) is 19.6 Å². The Morgan fingerprint density at radius 3 is 1.31 bits per heavy atom. The summed E-state index contributed by atoms with van der Waals surface area (Å²) in [6.45, 7) is 0.